The zero-order valence-corrected chi connectivity index (χ0v) is 14.4. The van der Waals surface area contributed by atoms with Gasteiger partial charge in [-0.2, -0.15) is 0 Å². The molecule has 0 spiro atoms. The molecule has 2 aromatic rings. The number of carbonyl (C=O) groups excluding carboxylic acids is 1. The van der Waals surface area contributed by atoms with E-state index in [-0.39, 0.29) is 0 Å². The molecule has 2 aromatic carbocycles. The van der Waals surface area contributed by atoms with Crippen molar-refractivity contribution in [2.24, 2.45) is 4.99 Å². The van der Waals surface area contributed by atoms with Crippen molar-refractivity contribution < 1.29 is 9.53 Å². The number of allylic oxidation sites excluding steroid dienone is 1. The van der Waals surface area contributed by atoms with E-state index in [9.17, 15) is 4.79 Å². The van der Waals surface area contributed by atoms with Gasteiger partial charge in [0.15, 0.2) is 0 Å². The minimum Gasteiger partial charge on any atom is -0.455 e. The highest BCUT2D eigenvalue weighted by molar-refractivity contribution is 5.92. The van der Waals surface area contributed by atoms with E-state index in [2.05, 4.69) is 4.99 Å². The van der Waals surface area contributed by atoms with Gasteiger partial charge in [0, 0.05) is 6.21 Å². The fourth-order valence-electron chi connectivity index (χ4n) is 2.03. The Morgan fingerprint density at radius 1 is 1.00 bits per heavy atom. The second-order valence-corrected chi connectivity index (χ2v) is 6.45. The molecule has 0 amide bonds. The number of nitrogens with zero attached hydrogens (tertiary/aromatic N) is 1. The number of rotatable bonds is 5. The predicted molar refractivity (Wildman–Crippen MR) is 98.1 cm³/mol. The Kier molecular flexibility index (Phi) is 6.07. The number of benzene rings is 2. The standard InChI is InChI=1S/C21H23NO2/c1-21(2,3)24-20(23)19(15-14-17-10-6-4-7-11-17)22-16-18-12-8-5-9-13-18/h4-13,15-16H,14H2,1-3H3. The van der Waals surface area contributed by atoms with Gasteiger partial charge in [-0.05, 0) is 44.4 Å². The van der Waals surface area contributed by atoms with Gasteiger partial charge in [0.1, 0.15) is 11.3 Å². The number of aliphatic imine (C=N–C) groups is 1. The van der Waals surface area contributed by atoms with Crippen LogP contribution in [-0.4, -0.2) is 17.8 Å². The molecule has 3 heteroatoms. The lowest BCUT2D eigenvalue weighted by Crippen LogP contribution is -2.24. The van der Waals surface area contributed by atoms with E-state index in [0.29, 0.717) is 12.1 Å². The minimum atomic E-state index is -0.550. The summed E-state index contributed by atoms with van der Waals surface area (Å²) in [6.45, 7) is 5.54. The van der Waals surface area contributed by atoms with Gasteiger partial charge in [-0.25, -0.2) is 9.79 Å². The summed E-state index contributed by atoms with van der Waals surface area (Å²) in [5.74, 6) is -0.411. The molecule has 0 aliphatic carbocycles. The van der Waals surface area contributed by atoms with Gasteiger partial charge < -0.3 is 4.74 Å². The summed E-state index contributed by atoms with van der Waals surface area (Å²) < 4.78 is 5.46. The Bertz CT molecular complexity index is 711. The first-order chi connectivity index (χ1) is 11.4. The zero-order valence-electron chi connectivity index (χ0n) is 14.4. The van der Waals surface area contributed by atoms with Crippen molar-refractivity contribution in [3.8, 4) is 0 Å². The predicted octanol–water partition coefficient (Wildman–Crippen LogP) is 4.57. The van der Waals surface area contributed by atoms with Gasteiger partial charge >= 0.3 is 5.97 Å². The Morgan fingerprint density at radius 3 is 2.17 bits per heavy atom. The molecule has 2 rings (SSSR count). The average Bonchev–Trinajstić information content (AvgIpc) is 2.55. The van der Waals surface area contributed by atoms with E-state index in [1.54, 1.807) is 6.21 Å². The number of carbonyl (C=O) groups is 1. The third-order valence-electron chi connectivity index (χ3n) is 3.13. The van der Waals surface area contributed by atoms with E-state index < -0.39 is 11.6 Å². The van der Waals surface area contributed by atoms with Gasteiger partial charge in [0.05, 0.1) is 0 Å². The van der Waals surface area contributed by atoms with E-state index in [1.165, 1.54) is 0 Å². The van der Waals surface area contributed by atoms with Crippen LogP contribution >= 0.6 is 0 Å². The van der Waals surface area contributed by atoms with Crippen LogP contribution in [0.4, 0.5) is 0 Å². The summed E-state index contributed by atoms with van der Waals surface area (Å²) in [7, 11) is 0. The highest BCUT2D eigenvalue weighted by atomic mass is 16.6. The summed E-state index contributed by atoms with van der Waals surface area (Å²) in [6, 6.07) is 19.6. The second-order valence-electron chi connectivity index (χ2n) is 6.45. The molecule has 3 nitrogen and oxygen atoms in total. The Labute approximate surface area is 143 Å². The number of hydrogen-bond donors (Lipinski definition) is 0. The third kappa shape index (κ3) is 6.21. The fraction of sp³-hybridized carbons (Fsp3) is 0.238. The van der Waals surface area contributed by atoms with E-state index in [4.69, 9.17) is 4.74 Å². The van der Waals surface area contributed by atoms with Crippen molar-refractivity contribution in [3.63, 3.8) is 0 Å². The van der Waals surface area contributed by atoms with Crippen molar-refractivity contribution in [2.75, 3.05) is 0 Å². The maximum atomic E-state index is 12.4. The quantitative estimate of drug-likeness (QED) is 0.459. The molecule has 0 atom stereocenters. The molecule has 0 unspecified atom stereocenters. The van der Waals surface area contributed by atoms with Crippen molar-refractivity contribution in [2.45, 2.75) is 32.8 Å². The lowest BCUT2D eigenvalue weighted by atomic mass is 10.1. The summed E-state index contributed by atoms with van der Waals surface area (Å²) in [4.78, 5) is 16.8. The lowest BCUT2D eigenvalue weighted by Gasteiger charge is -2.19. The van der Waals surface area contributed by atoms with Gasteiger partial charge in [0.25, 0.3) is 0 Å². The molecule has 0 heterocycles. The van der Waals surface area contributed by atoms with Gasteiger partial charge in [-0.15, -0.1) is 0 Å². The highest BCUT2D eigenvalue weighted by Gasteiger charge is 2.19. The number of esters is 1. The molecular weight excluding hydrogens is 298 g/mol. The fourth-order valence-corrected chi connectivity index (χ4v) is 2.03. The van der Waals surface area contributed by atoms with Crippen molar-refractivity contribution in [1.29, 1.82) is 0 Å². The topological polar surface area (TPSA) is 38.7 Å². The number of hydrogen-bond acceptors (Lipinski definition) is 3. The maximum Gasteiger partial charge on any atom is 0.357 e. The van der Waals surface area contributed by atoms with Gasteiger partial charge in [0.2, 0.25) is 0 Å². The van der Waals surface area contributed by atoms with Crippen molar-refractivity contribution in [1.82, 2.24) is 0 Å². The second kappa shape index (κ2) is 8.25. The molecule has 0 saturated heterocycles. The summed E-state index contributed by atoms with van der Waals surface area (Å²) in [5.41, 5.74) is 1.82. The molecular formula is C21H23NO2. The SMILES string of the molecule is CC(C)(C)OC(=O)C(=CCc1ccccc1)N=Cc1ccccc1. The van der Waals surface area contributed by atoms with Crippen molar-refractivity contribution in [3.05, 3.63) is 83.6 Å². The molecule has 0 bridgehead atoms. The molecule has 124 valence electrons. The van der Waals surface area contributed by atoms with Crippen LogP contribution in [0.2, 0.25) is 0 Å². The van der Waals surface area contributed by atoms with E-state index >= 15 is 0 Å². The highest BCUT2D eigenvalue weighted by Crippen LogP contribution is 2.13. The number of ether oxygens (including phenoxy) is 1. The van der Waals surface area contributed by atoms with Crippen LogP contribution in [-0.2, 0) is 16.0 Å². The molecule has 0 aliphatic heterocycles. The average molecular weight is 321 g/mol. The summed E-state index contributed by atoms with van der Waals surface area (Å²) in [5, 5.41) is 0. The van der Waals surface area contributed by atoms with Crippen LogP contribution in [0.25, 0.3) is 0 Å². The van der Waals surface area contributed by atoms with Crippen LogP contribution < -0.4 is 0 Å². The Balaban J connectivity index is 2.20. The first-order valence-corrected chi connectivity index (χ1v) is 8.00. The van der Waals surface area contributed by atoms with Gasteiger partial charge in [-0.3, -0.25) is 0 Å². The Morgan fingerprint density at radius 2 is 1.58 bits per heavy atom. The summed E-state index contributed by atoms with van der Waals surface area (Å²) in [6.07, 6.45) is 4.12. The van der Waals surface area contributed by atoms with Crippen LogP contribution in [0.15, 0.2) is 77.4 Å². The molecule has 0 N–H and O–H groups in total. The van der Waals surface area contributed by atoms with E-state index in [0.717, 1.165) is 11.1 Å². The third-order valence-corrected chi connectivity index (χ3v) is 3.13. The minimum absolute atomic E-state index is 0.317. The molecule has 24 heavy (non-hydrogen) atoms. The molecule has 0 radical (unpaired) electrons. The molecule has 0 aromatic heterocycles. The monoisotopic (exact) mass is 321 g/mol. The van der Waals surface area contributed by atoms with Crippen LogP contribution in [0.5, 0.6) is 0 Å². The zero-order chi connectivity index (χ0) is 17.4. The Hall–Kier alpha value is -2.68. The molecule has 0 aliphatic rings. The van der Waals surface area contributed by atoms with Crippen LogP contribution in [0, 0.1) is 0 Å². The maximum absolute atomic E-state index is 12.4. The van der Waals surface area contributed by atoms with Crippen molar-refractivity contribution >= 4 is 12.2 Å². The summed E-state index contributed by atoms with van der Waals surface area (Å²) >= 11 is 0. The normalized spacial score (nSPS) is 12.4. The van der Waals surface area contributed by atoms with E-state index in [1.807, 2.05) is 87.5 Å². The molecule has 0 fully saturated rings. The smallest absolute Gasteiger partial charge is 0.357 e. The first-order valence-electron chi connectivity index (χ1n) is 8.00. The molecule has 0 saturated carbocycles. The van der Waals surface area contributed by atoms with Crippen LogP contribution in [0.1, 0.15) is 31.9 Å². The lowest BCUT2D eigenvalue weighted by molar-refractivity contribution is -0.149. The largest absolute Gasteiger partial charge is 0.455 e. The van der Waals surface area contributed by atoms with Gasteiger partial charge in [-0.1, -0.05) is 60.7 Å². The first kappa shape index (κ1) is 17.7. The van der Waals surface area contributed by atoms with Crippen LogP contribution in [0.3, 0.4) is 0 Å².